The highest BCUT2D eigenvalue weighted by molar-refractivity contribution is 4.87. The Balaban J connectivity index is 4.11. The van der Waals surface area contributed by atoms with Gasteiger partial charge in [0.1, 0.15) is 0 Å². The summed E-state index contributed by atoms with van der Waals surface area (Å²) in [6.07, 6.45) is 0.154. The molecule has 0 aliphatic carbocycles. The predicted molar refractivity (Wildman–Crippen MR) is 71.1 cm³/mol. The smallest absolute Gasteiger partial charge is 0.251 e. The van der Waals surface area contributed by atoms with Crippen LogP contribution in [-0.4, -0.2) is 54.8 Å². The van der Waals surface area contributed by atoms with E-state index in [1.54, 1.807) is 11.9 Å². The number of nitrogens with zero attached hydrogens (tertiary/aromatic N) is 1. The monoisotopic (exact) mass is 266 g/mol. The van der Waals surface area contributed by atoms with E-state index in [1.807, 2.05) is 20.8 Å². The van der Waals surface area contributed by atoms with E-state index in [9.17, 15) is 13.9 Å². The summed E-state index contributed by atoms with van der Waals surface area (Å²) in [4.78, 5) is 1.64. The molecule has 0 saturated heterocycles. The van der Waals surface area contributed by atoms with E-state index in [0.29, 0.717) is 12.6 Å². The second kappa shape index (κ2) is 8.77. The topological polar surface area (TPSA) is 35.5 Å². The van der Waals surface area contributed by atoms with E-state index in [1.165, 1.54) is 0 Å². The highest BCUT2D eigenvalue weighted by Crippen LogP contribution is 2.18. The highest BCUT2D eigenvalue weighted by atomic mass is 19.3. The zero-order chi connectivity index (χ0) is 14.2. The summed E-state index contributed by atoms with van der Waals surface area (Å²) in [5, 5.41) is 12.9. The maximum atomic E-state index is 12.2. The molecule has 0 saturated carbocycles. The van der Waals surface area contributed by atoms with Crippen LogP contribution in [0.2, 0.25) is 0 Å². The molecule has 0 radical (unpaired) electrons. The van der Waals surface area contributed by atoms with E-state index in [2.05, 4.69) is 5.32 Å². The first-order valence-corrected chi connectivity index (χ1v) is 6.70. The Kier molecular flexibility index (Phi) is 8.65. The Morgan fingerprint density at radius 2 is 1.94 bits per heavy atom. The maximum Gasteiger partial charge on any atom is 0.251 e. The van der Waals surface area contributed by atoms with Crippen molar-refractivity contribution in [2.24, 2.45) is 0 Å². The zero-order valence-corrected chi connectivity index (χ0v) is 12.0. The van der Waals surface area contributed by atoms with Crippen LogP contribution in [-0.2, 0) is 0 Å². The standard InChI is InChI=1S/C13H28F2N2O/c1-5-13(10-18,16-11(2)3)7-6-8-17(4)9-12(14)15/h11-12,16,18H,5-10H2,1-4H3. The molecule has 5 heteroatoms. The summed E-state index contributed by atoms with van der Waals surface area (Å²) < 4.78 is 24.3. The summed E-state index contributed by atoms with van der Waals surface area (Å²) in [5.41, 5.74) is -0.278. The second-order valence-corrected chi connectivity index (χ2v) is 5.35. The zero-order valence-electron chi connectivity index (χ0n) is 12.0. The van der Waals surface area contributed by atoms with Gasteiger partial charge >= 0.3 is 0 Å². The van der Waals surface area contributed by atoms with Crippen molar-refractivity contribution >= 4 is 0 Å². The van der Waals surface area contributed by atoms with E-state index in [-0.39, 0.29) is 18.7 Å². The molecule has 3 nitrogen and oxygen atoms in total. The fraction of sp³-hybridized carbons (Fsp3) is 1.00. The molecule has 1 atom stereocenters. The molecule has 0 heterocycles. The number of hydrogen-bond donors (Lipinski definition) is 2. The summed E-state index contributed by atoms with van der Waals surface area (Å²) in [6, 6.07) is 0.302. The normalized spacial score (nSPS) is 15.7. The van der Waals surface area contributed by atoms with Gasteiger partial charge in [-0.2, -0.15) is 0 Å². The van der Waals surface area contributed by atoms with Crippen molar-refractivity contribution in [2.45, 2.75) is 58.0 Å². The van der Waals surface area contributed by atoms with Crippen molar-refractivity contribution in [3.8, 4) is 0 Å². The minimum atomic E-state index is -2.28. The Labute approximate surface area is 110 Å². The summed E-state index contributed by atoms with van der Waals surface area (Å²) in [5.74, 6) is 0. The number of aliphatic hydroxyl groups excluding tert-OH is 1. The van der Waals surface area contributed by atoms with Gasteiger partial charge in [-0.1, -0.05) is 20.8 Å². The van der Waals surface area contributed by atoms with Crippen molar-refractivity contribution in [1.29, 1.82) is 0 Å². The molecule has 110 valence electrons. The van der Waals surface area contributed by atoms with Crippen LogP contribution >= 0.6 is 0 Å². The molecular weight excluding hydrogens is 238 g/mol. The van der Waals surface area contributed by atoms with Gasteiger partial charge in [0.2, 0.25) is 0 Å². The molecule has 0 aromatic heterocycles. The summed E-state index contributed by atoms with van der Waals surface area (Å²) >= 11 is 0. The lowest BCUT2D eigenvalue weighted by molar-refractivity contribution is 0.0938. The van der Waals surface area contributed by atoms with Gasteiger partial charge in [0.15, 0.2) is 0 Å². The van der Waals surface area contributed by atoms with Gasteiger partial charge < -0.3 is 15.3 Å². The van der Waals surface area contributed by atoms with Gasteiger partial charge in [0.25, 0.3) is 6.43 Å². The first-order chi connectivity index (χ1) is 8.35. The van der Waals surface area contributed by atoms with Crippen LogP contribution in [0.3, 0.4) is 0 Å². The lowest BCUT2D eigenvalue weighted by Gasteiger charge is -2.34. The van der Waals surface area contributed by atoms with Gasteiger partial charge in [0.05, 0.1) is 13.2 Å². The van der Waals surface area contributed by atoms with Gasteiger partial charge in [-0.3, -0.25) is 0 Å². The van der Waals surface area contributed by atoms with Crippen LogP contribution < -0.4 is 5.32 Å². The molecule has 0 aromatic carbocycles. The van der Waals surface area contributed by atoms with Gasteiger partial charge in [0, 0.05) is 11.6 Å². The molecule has 0 amide bonds. The van der Waals surface area contributed by atoms with Crippen LogP contribution in [0, 0.1) is 0 Å². The Morgan fingerprint density at radius 3 is 2.33 bits per heavy atom. The van der Waals surface area contributed by atoms with E-state index in [4.69, 9.17) is 0 Å². The SMILES string of the molecule is CCC(CO)(CCCN(C)CC(F)F)NC(C)C. The number of rotatable bonds is 10. The van der Waals surface area contributed by atoms with E-state index < -0.39 is 6.43 Å². The lowest BCUT2D eigenvalue weighted by Crippen LogP contribution is -2.51. The number of halogens is 2. The molecule has 0 aromatic rings. The van der Waals surface area contributed by atoms with Crippen LogP contribution in [0.15, 0.2) is 0 Å². The molecule has 0 aliphatic rings. The molecular formula is C13H28F2N2O. The average Bonchev–Trinajstić information content (AvgIpc) is 2.26. The van der Waals surface area contributed by atoms with Crippen molar-refractivity contribution in [2.75, 3.05) is 26.7 Å². The van der Waals surface area contributed by atoms with Crippen LogP contribution in [0.25, 0.3) is 0 Å². The van der Waals surface area contributed by atoms with Crippen LogP contribution in [0.1, 0.15) is 40.0 Å². The first kappa shape index (κ1) is 17.7. The first-order valence-electron chi connectivity index (χ1n) is 6.70. The summed E-state index contributed by atoms with van der Waals surface area (Å²) in [7, 11) is 1.70. The van der Waals surface area contributed by atoms with E-state index in [0.717, 1.165) is 19.3 Å². The Morgan fingerprint density at radius 1 is 1.33 bits per heavy atom. The number of nitrogens with one attached hydrogen (secondary N) is 1. The number of hydrogen-bond acceptors (Lipinski definition) is 3. The molecule has 0 fully saturated rings. The van der Waals surface area contributed by atoms with Crippen LogP contribution in [0.4, 0.5) is 8.78 Å². The predicted octanol–water partition coefficient (Wildman–Crippen LogP) is 2.10. The molecule has 0 rings (SSSR count). The van der Waals surface area contributed by atoms with Gasteiger partial charge in [-0.05, 0) is 32.9 Å². The molecule has 0 aliphatic heterocycles. The van der Waals surface area contributed by atoms with Gasteiger partial charge in [-0.25, -0.2) is 8.78 Å². The maximum absolute atomic E-state index is 12.2. The molecule has 0 spiro atoms. The fourth-order valence-corrected chi connectivity index (χ4v) is 2.21. The average molecular weight is 266 g/mol. The number of alkyl halides is 2. The summed E-state index contributed by atoms with van der Waals surface area (Å²) in [6.45, 7) is 6.66. The molecule has 0 bridgehead atoms. The minimum absolute atomic E-state index is 0.0836. The van der Waals surface area contributed by atoms with Crippen molar-refractivity contribution < 1.29 is 13.9 Å². The third kappa shape index (κ3) is 7.24. The van der Waals surface area contributed by atoms with Crippen LogP contribution in [0.5, 0.6) is 0 Å². The third-order valence-electron chi connectivity index (χ3n) is 3.22. The van der Waals surface area contributed by atoms with Crippen molar-refractivity contribution in [3.05, 3.63) is 0 Å². The van der Waals surface area contributed by atoms with E-state index >= 15 is 0 Å². The molecule has 1 unspecified atom stereocenters. The quantitative estimate of drug-likeness (QED) is 0.635. The Bertz CT molecular complexity index is 209. The highest BCUT2D eigenvalue weighted by Gasteiger charge is 2.27. The molecule has 18 heavy (non-hydrogen) atoms. The van der Waals surface area contributed by atoms with Gasteiger partial charge in [-0.15, -0.1) is 0 Å². The second-order valence-electron chi connectivity index (χ2n) is 5.35. The lowest BCUT2D eigenvalue weighted by atomic mass is 9.90. The fourth-order valence-electron chi connectivity index (χ4n) is 2.21. The van der Waals surface area contributed by atoms with Crippen molar-refractivity contribution in [1.82, 2.24) is 10.2 Å². The minimum Gasteiger partial charge on any atom is -0.394 e. The third-order valence-corrected chi connectivity index (χ3v) is 3.22. The molecule has 2 N–H and O–H groups in total. The van der Waals surface area contributed by atoms with Crippen molar-refractivity contribution in [3.63, 3.8) is 0 Å². The Hall–Kier alpha value is -0.260. The number of aliphatic hydroxyl groups is 1. The largest absolute Gasteiger partial charge is 0.394 e.